The Hall–Kier alpha value is -2.41. The van der Waals surface area contributed by atoms with E-state index in [0.717, 1.165) is 56.9 Å². The zero-order valence-electron chi connectivity index (χ0n) is 17.3. The van der Waals surface area contributed by atoms with Gasteiger partial charge in [-0.3, -0.25) is 9.69 Å². The van der Waals surface area contributed by atoms with Gasteiger partial charge in [0.25, 0.3) is 5.91 Å². The highest BCUT2D eigenvalue weighted by Gasteiger charge is 2.21. The lowest BCUT2D eigenvalue weighted by Gasteiger charge is -2.31. The minimum Gasteiger partial charge on any atom is -0.488 e. The van der Waals surface area contributed by atoms with Gasteiger partial charge in [-0.1, -0.05) is 35.9 Å². The van der Waals surface area contributed by atoms with Crippen LogP contribution in [0.15, 0.2) is 48.5 Å². The molecule has 1 amide bonds. The van der Waals surface area contributed by atoms with Gasteiger partial charge in [0.2, 0.25) is 0 Å². The van der Waals surface area contributed by atoms with E-state index in [2.05, 4.69) is 39.8 Å². The molecule has 2 heterocycles. The van der Waals surface area contributed by atoms with Crippen molar-refractivity contribution in [3.63, 3.8) is 0 Å². The fourth-order valence-corrected chi connectivity index (χ4v) is 3.88. The van der Waals surface area contributed by atoms with Gasteiger partial charge in [0.05, 0.1) is 5.02 Å². The van der Waals surface area contributed by atoms with Gasteiger partial charge in [-0.15, -0.1) is 0 Å². The van der Waals surface area contributed by atoms with E-state index >= 15 is 0 Å². The van der Waals surface area contributed by atoms with Crippen LogP contribution in [-0.4, -0.2) is 55.7 Å². The molecule has 0 unspecified atom stereocenters. The Balaban J connectivity index is 1.18. The first kappa shape index (κ1) is 21.8. The second kappa shape index (κ2) is 10.3. The summed E-state index contributed by atoms with van der Waals surface area (Å²) in [4.78, 5) is 14.7. The summed E-state index contributed by atoms with van der Waals surface area (Å²) in [5, 5.41) is 6.19. The molecule has 0 saturated carbocycles. The van der Waals surface area contributed by atoms with Crippen LogP contribution in [0.1, 0.15) is 28.8 Å². The minimum absolute atomic E-state index is 0.0351. The topological polar surface area (TPSA) is 53.6 Å². The number of piperidine rings is 1. The van der Waals surface area contributed by atoms with Crippen LogP contribution in [0, 0.1) is 5.82 Å². The van der Waals surface area contributed by atoms with E-state index < -0.39 is 5.82 Å². The number of nitrogens with zero attached hydrogens (tertiary/aromatic N) is 1. The molecule has 2 N–H and O–H groups in total. The third-order valence-corrected chi connectivity index (χ3v) is 6.00. The van der Waals surface area contributed by atoms with Crippen molar-refractivity contribution in [2.45, 2.75) is 25.0 Å². The molecule has 7 heteroatoms. The van der Waals surface area contributed by atoms with E-state index in [1.54, 1.807) is 0 Å². The van der Waals surface area contributed by atoms with Crippen LogP contribution in [0.3, 0.4) is 0 Å². The molecule has 164 valence electrons. The number of hydrogen-bond donors (Lipinski definition) is 2. The van der Waals surface area contributed by atoms with Gasteiger partial charge in [0, 0.05) is 44.3 Å². The summed E-state index contributed by atoms with van der Waals surface area (Å²) in [6, 6.07) is 12.3. The Labute approximate surface area is 187 Å². The quantitative estimate of drug-likeness (QED) is 0.684. The van der Waals surface area contributed by atoms with Crippen molar-refractivity contribution in [1.29, 1.82) is 0 Å². The fraction of sp³-hybridized carbons (Fsp3) is 0.375. The Morgan fingerprint density at radius 1 is 1.19 bits per heavy atom. The molecule has 0 radical (unpaired) electrons. The van der Waals surface area contributed by atoms with Crippen LogP contribution < -0.4 is 15.4 Å². The predicted octanol–water partition coefficient (Wildman–Crippen LogP) is 3.74. The summed E-state index contributed by atoms with van der Waals surface area (Å²) in [5.74, 6) is 0.187. The largest absolute Gasteiger partial charge is 0.488 e. The lowest BCUT2D eigenvalue weighted by atomic mass is 10.0. The van der Waals surface area contributed by atoms with Gasteiger partial charge in [0.15, 0.2) is 0 Å². The van der Waals surface area contributed by atoms with Gasteiger partial charge in [0.1, 0.15) is 17.7 Å². The molecule has 2 fully saturated rings. The number of halogens is 2. The van der Waals surface area contributed by atoms with Crippen molar-refractivity contribution in [1.82, 2.24) is 15.5 Å². The first-order chi connectivity index (χ1) is 15.1. The Bertz CT molecular complexity index is 923. The molecule has 0 aliphatic carbocycles. The van der Waals surface area contributed by atoms with Crippen molar-refractivity contribution in [3.8, 4) is 5.75 Å². The number of hydrogen-bond acceptors (Lipinski definition) is 4. The third kappa shape index (κ3) is 6.06. The molecule has 0 aromatic heterocycles. The van der Waals surface area contributed by atoms with Gasteiger partial charge in [-0.2, -0.15) is 0 Å². The maximum absolute atomic E-state index is 13.3. The van der Waals surface area contributed by atoms with Gasteiger partial charge < -0.3 is 15.4 Å². The summed E-state index contributed by atoms with van der Waals surface area (Å²) < 4.78 is 19.1. The minimum atomic E-state index is -0.518. The van der Waals surface area contributed by atoms with E-state index in [0.29, 0.717) is 11.7 Å². The van der Waals surface area contributed by atoms with Crippen LogP contribution in [0.25, 0.3) is 6.08 Å². The number of carbonyl (C=O) groups excluding carboxylic acids is 1. The van der Waals surface area contributed by atoms with Crippen LogP contribution in [-0.2, 0) is 0 Å². The first-order valence-electron chi connectivity index (χ1n) is 10.7. The fourth-order valence-electron chi connectivity index (χ4n) is 3.70. The van der Waals surface area contributed by atoms with Crippen molar-refractivity contribution >= 4 is 23.6 Å². The molecule has 2 aliphatic rings. The molecule has 0 spiro atoms. The smallest absolute Gasteiger partial charge is 0.251 e. The average molecular weight is 444 g/mol. The van der Waals surface area contributed by atoms with E-state index in [-0.39, 0.29) is 17.0 Å². The van der Waals surface area contributed by atoms with Crippen LogP contribution in [0.2, 0.25) is 5.02 Å². The van der Waals surface area contributed by atoms with E-state index in [1.165, 1.54) is 18.2 Å². The van der Waals surface area contributed by atoms with Crippen LogP contribution >= 0.6 is 11.6 Å². The monoisotopic (exact) mass is 443 g/mol. The molecule has 2 aromatic rings. The molecular formula is C24H27ClFN3O2. The molecule has 4 rings (SSSR count). The highest BCUT2D eigenvalue weighted by atomic mass is 35.5. The summed E-state index contributed by atoms with van der Waals surface area (Å²) >= 11 is 5.77. The normalized spacial score (nSPS) is 18.1. The molecular weight excluding hydrogens is 417 g/mol. The lowest BCUT2D eigenvalue weighted by Crippen LogP contribution is -2.50. The molecule has 5 nitrogen and oxygen atoms in total. The summed E-state index contributed by atoms with van der Waals surface area (Å²) in [7, 11) is 0. The number of nitrogens with one attached hydrogen (secondary N) is 2. The lowest BCUT2D eigenvalue weighted by molar-refractivity contribution is 0.0914. The van der Waals surface area contributed by atoms with E-state index in [4.69, 9.17) is 16.3 Å². The first-order valence-corrected chi connectivity index (χ1v) is 11.1. The van der Waals surface area contributed by atoms with Gasteiger partial charge in [-0.05, 0) is 48.7 Å². The van der Waals surface area contributed by atoms with Crippen molar-refractivity contribution < 1.29 is 13.9 Å². The Morgan fingerprint density at radius 3 is 2.58 bits per heavy atom. The maximum Gasteiger partial charge on any atom is 0.251 e. The molecule has 2 aliphatic heterocycles. The summed E-state index contributed by atoms with van der Waals surface area (Å²) in [5.41, 5.74) is 1.54. The van der Waals surface area contributed by atoms with Crippen LogP contribution in [0.4, 0.5) is 4.39 Å². The SMILES string of the molecule is O=C(NC1CCN(C/C=C/c2ccc(OC3CNC3)cc2)CC1)c1ccc(F)c(Cl)c1. The van der Waals surface area contributed by atoms with Crippen molar-refractivity contribution in [3.05, 3.63) is 70.5 Å². The van der Waals surface area contributed by atoms with E-state index in [9.17, 15) is 9.18 Å². The molecule has 2 aromatic carbocycles. The average Bonchev–Trinajstić information content (AvgIpc) is 2.75. The molecule has 31 heavy (non-hydrogen) atoms. The summed E-state index contributed by atoms with van der Waals surface area (Å²) in [6.45, 7) is 4.55. The number of amides is 1. The van der Waals surface area contributed by atoms with Crippen molar-refractivity contribution in [2.24, 2.45) is 0 Å². The van der Waals surface area contributed by atoms with Gasteiger partial charge in [-0.25, -0.2) is 4.39 Å². The molecule has 0 bridgehead atoms. The van der Waals surface area contributed by atoms with Crippen molar-refractivity contribution in [2.75, 3.05) is 32.7 Å². The number of likely N-dealkylation sites (tertiary alicyclic amines) is 1. The highest BCUT2D eigenvalue weighted by Crippen LogP contribution is 2.18. The second-order valence-electron chi connectivity index (χ2n) is 8.05. The third-order valence-electron chi connectivity index (χ3n) is 5.71. The number of benzene rings is 2. The Morgan fingerprint density at radius 2 is 1.94 bits per heavy atom. The highest BCUT2D eigenvalue weighted by molar-refractivity contribution is 6.31. The second-order valence-corrected chi connectivity index (χ2v) is 8.45. The zero-order valence-corrected chi connectivity index (χ0v) is 18.1. The Kier molecular flexibility index (Phi) is 7.22. The number of carbonyl (C=O) groups is 1. The zero-order chi connectivity index (χ0) is 21.6. The molecule has 0 atom stereocenters. The predicted molar refractivity (Wildman–Crippen MR) is 121 cm³/mol. The summed E-state index contributed by atoms with van der Waals surface area (Å²) in [6.07, 6.45) is 6.36. The number of rotatable bonds is 7. The maximum atomic E-state index is 13.3. The number of ether oxygens (including phenoxy) is 1. The van der Waals surface area contributed by atoms with Crippen LogP contribution in [0.5, 0.6) is 5.75 Å². The molecule has 2 saturated heterocycles. The van der Waals surface area contributed by atoms with E-state index in [1.807, 2.05) is 12.1 Å². The van der Waals surface area contributed by atoms with Gasteiger partial charge >= 0.3 is 0 Å². The standard InChI is InChI=1S/C24H27ClFN3O2/c25-22-14-18(5-8-23(22)26)24(30)28-19-9-12-29(13-10-19)11-1-2-17-3-6-20(7-4-17)31-21-15-27-16-21/h1-8,14,19,21,27H,9-13,15-16H2,(H,28,30)/b2-1+.